The Bertz CT molecular complexity index is 351. The summed E-state index contributed by atoms with van der Waals surface area (Å²) in [4.78, 5) is 13.9. The molecule has 1 aromatic heterocycles. The van der Waals surface area contributed by atoms with E-state index in [4.69, 9.17) is 4.74 Å². The summed E-state index contributed by atoms with van der Waals surface area (Å²) in [7, 11) is 0. The number of nitrogens with one attached hydrogen (secondary N) is 1. The van der Waals surface area contributed by atoms with Crippen LogP contribution >= 0.6 is 0 Å². The van der Waals surface area contributed by atoms with Gasteiger partial charge in [0.1, 0.15) is 0 Å². The lowest BCUT2D eigenvalue weighted by molar-refractivity contribution is 0.00211. The third-order valence-corrected chi connectivity index (χ3v) is 2.97. The van der Waals surface area contributed by atoms with Crippen molar-refractivity contribution >= 4 is 5.91 Å². The second kappa shape index (κ2) is 5.82. The van der Waals surface area contributed by atoms with E-state index < -0.39 is 0 Å². The Morgan fingerprint density at radius 2 is 2.59 bits per heavy atom. The molecule has 1 N–H and O–H groups in total. The lowest BCUT2D eigenvalue weighted by Gasteiger charge is -2.32. The Balaban J connectivity index is 1.90. The number of aromatic nitrogens is 2. The number of carbonyl (C=O) groups is 1. The SMILES string of the molecule is CCCOC1CCCN(C(=O)c2cn[nH]c2)C1. The van der Waals surface area contributed by atoms with Gasteiger partial charge < -0.3 is 9.64 Å². The molecule has 0 aliphatic carbocycles. The van der Waals surface area contributed by atoms with Gasteiger partial charge >= 0.3 is 0 Å². The Morgan fingerprint density at radius 3 is 3.29 bits per heavy atom. The van der Waals surface area contributed by atoms with Crippen LogP contribution in [0.5, 0.6) is 0 Å². The number of hydrogen-bond acceptors (Lipinski definition) is 3. The zero-order valence-electron chi connectivity index (χ0n) is 10.2. The van der Waals surface area contributed by atoms with E-state index in [1.165, 1.54) is 0 Å². The maximum Gasteiger partial charge on any atom is 0.257 e. The van der Waals surface area contributed by atoms with Gasteiger partial charge in [-0.3, -0.25) is 9.89 Å². The average molecular weight is 237 g/mol. The summed E-state index contributed by atoms with van der Waals surface area (Å²) >= 11 is 0. The number of hydrogen-bond donors (Lipinski definition) is 1. The summed E-state index contributed by atoms with van der Waals surface area (Å²) in [6, 6.07) is 0. The monoisotopic (exact) mass is 237 g/mol. The Morgan fingerprint density at radius 1 is 1.71 bits per heavy atom. The number of ether oxygens (including phenoxy) is 1. The molecule has 1 aromatic rings. The van der Waals surface area contributed by atoms with Crippen molar-refractivity contribution in [3.8, 4) is 0 Å². The number of piperidine rings is 1. The van der Waals surface area contributed by atoms with Gasteiger partial charge in [-0.2, -0.15) is 5.10 Å². The quantitative estimate of drug-likeness (QED) is 0.862. The molecule has 1 aliphatic rings. The number of amides is 1. The number of carbonyl (C=O) groups excluding carboxylic acids is 1. The number of nitrogens with zero attached hydrogens (tertiary/aromatic N) is 2. The van der Waals surface area contributed by atoms with Crippen LogP contribution in [-0.2, 0) is 4.74 Å². The molecular weight excluding hydrogens is 218 g/mol. The highest BCUT2D eigenvalue weighted by atomic mass is 16.5. The molecule has 5 heteroatoms. The Hall–Kier alpha value is -1.36. The second-order valence-corrected chi connectivity index (χ2v) is 4.37. The summed E-state index contributed by atoms with van der Waals surface area (Å²) in [5, 5.41) is 6.47. The van der Waals surface area contributed by atoms with Gasteiger partial charge in [0.25, 0.3) is 5.91 Å². The molecule has 1 saturated heterocycles. The maximum atomic E-state index is 12.1. The van der Waals surface area contributed by atoms with Crippen LogP contribution in [0.4, 0.5) is 0 Å². The van der Waals surface area contributed by atoms with Crippen LogP contribution in [0.25, 0.3) is 0 Å². The van der Waals surface area contributed by atoms with Crippen molar-refractivity contribution in [2.24, 2.45) is 0 Å². The van der Waals surface area contributed by atoms with Gasteiger partial charge in [0.2, 0.25) is 0 Å². The summed E-state index contributed by atoms with van der Waals surface area (Å²) in [6.07, 6.45) is 6.48. The molecule has 1 amide bonds. The van der Waals surface area contributed by atoms with Crippen molar-refractivity contribution in [2.75, 3.05) is 19.7 Å². The van der Waals surface area contributed by atoms with Crippen LogP contribution in [0.1, 0.15) is 36.5 Å². The van der Waals surface area contributed by atoms with E-state index in [1.807, 2.05) is 4.90 Å². The minimum Gasteiger partial charge on any atom is -0.376 e. The Kier molecular flexibility index (Phi) is 4.14. The first-order valence-corrected chi connectivity index (χ1v) is 6.21. The molecule has 94 valence electrons. The van der Waals surface area contributed by atoms with Gasteiger partial charge in [-0.25, -0.2) is 0 Å². The van der Waals surface area contributed by atoms with E-state index in [1.54, 1.807) is 12.4 Å². The first-order chi connectivity index (χ1) is 8.31. The van der Waals surface area contributed by atoms with Gasteiger partial charge in [-0.05, 0) is 19.3 Å². The molecule has 1 atom stereocenters. The first kappa shape index (κ1) is 12.1. The third kappa shape index (κ3) is 3.06. The third-order valence-electron chi connectivity index (χ3n) is 2.97. The molecule has 0 radical (unpaired) electrons. The predicted octanol–water partition coefficient (Wildman–Crippen LogP) is 1.44. The van der Waals surface area contributed by atoms with Crippen molar-refractivity contribution in [1.29, 1.82) is 0 Å². The second-order valence-electron chi connectivity index (χ2n) is 4.37. The Labute approximate surface area is 101 Å². The highest BCUT2D eigenvalue weighted by Gasteiger charge is 2.25. The molecule has 1 aliphatic heterocycles. The minimum absolute atomic E-state index is 0.0450. The standard InChI is InChI=1S/C12H19N3O2/c1-2-6-17-11-4-3-5-15(9-11)12(16)10-7-13-14-8-10/h7-8,11H,2-6,9H2,1H3,(H,13,14). The molecule has 5 nitrogen and oxygen atoms in total. The van der Waals surface area contributed by atoms with Crippen LogP contribution in [0.15, 0.2) is 12.4 Å². The molecule has 0 bridgehead atoms. The molecule has 0 spiro atoms. The number of rotatable bonds is 4. The molecule has 2 rings (SSSR count). The van der Waals surface area contributed by atoms with Crippen molar-refractivity contribution in [2.45, 2.75) is 32.3 Å². The summed E-state index contributed by atoms with van der Waals surface area (Å²) in [6.45, 7) is 4.38. The average Bonchev–Trinajstić information content (AvgIpc) is 2.89. The minimum atomic E-state index is 0.0450. The maximum absolute atomic E-state index is 12.1. The fourth-order valence-electron chi connectivity index (χ4n) is 2.09. The number of H-pyrrole nitrogens is 1. The van der Waals surface area contributed by atoms with E-state index in [0.717, 1.165) is 32.4 Å². The molecule has 1 unspecified atom stereocenters. The topological polar surface area (TPSA) is 58.2 Å². The molecule has 2 heterocycles. The fourth-order valence-corrected chi connectivity index (χ4v) is 2.09. The predicted molar refractivity (Wildman–Crippen MR) is 63.8 cm³/mol. The summed E-state index contributed by atoms with van der Waals surface area (Å²) in [5.74, 6) is 0.0450. The van der Waals surface area contributed by atoms with Gasteiger partial charge in [0.15, 0.2) is 0 Å². The lowest BCUT2D eigenvalue weighted by Crippen LogP contribution is -2.43. The van der Waals surface area contributed by atoms with Crippen LogP contribution in [0, 0.1) is 0 Å². The van der Waals surface area contributed by atoms with Crippen molar-refractivity contribution in [3.05, 3.63) is 18.0 Å². The number of likely N-dealkylation sites (tertiary alicyclic amines) is 1. The summed E-state index contributed by atoms with van der Waals surface area (Å²) < 4.78 is 5.71. The zero-order valence-corrected chi connectivity index (χ0v) is 10.2. The zero-order chi connectivity index (χ0) is 12.1. The highest BCUT2D eigenvalue weighted by molar-refractivity contribution is 5.93. The first-order valence-electron chi connectivity index (χ1n) is 6.21. The van der Waals surface area contributed by atoms with Crippen LogP contribution in [0.2, 0.25) is 0 Å². The molecule has 17 heavy (non-hydrogen) atoms. The lowest BCUT2D eigenvalue weighted by atomic mass is 10.1. The van der Waals surface area contributed by atoms with E-state index in [0.29, 0.717) is 12.1 Å². The van der Waals surface area contributed by atoms with E-state index in [9.17, 15) is 4.79 Å². The molecular formula is C12H19N3O2. The summed E-state index contributed by atoms with van der Waals surface area (Å²) in [5.41, 5.74) is 0.626. The van der Waals surface area contributed by atoms with E-state index >= 15 is 0 Å². The van der Waals surface area contributed by atoms with Gasteiger partial charge in [-0.1, -0.05) is 6.92 Å². The van der Waals surface area contributed by atoms with Crippen molar-refractivity contribution in [1.82, 2.24) is 15.1 Å². The van der Waals surface area contributed by atoms with Crippen LogP contribution in [0.3, 0.4) is 0 Å². The molecule has 0 aromatic carbocycles. The molecule has 1 fully saturated rings. The highest BCUT2D eigenvalue weighted by Crippen LogP contribution is 2.15. The van der Waals surface area contributed by atoms with Crippen LogP contribution in [-0.4, -0.2) is 46.8 Å². The van der Waals surface area contributed by atoms with Crippen LogP contribution < -0.4 is 0 Å². The van der Waals surface area contributed by atoms with Gasteiger partial charge in [0, 0.05) is 25.9 Å². The van der Waals surface area contributed by atoms with Gasteiger partial charge in [-0.15, -0.1) is 0 Å². The largest absolute Gasteiger partial charge is 0.376 e. The van der Waals surface area contributed by atoms with E-state index in [2.05, 4.69) is 17.1 Å². The smallest absolute Gasteiger partial charge is 0.257 e. The molecule has 0 saturated carbocycles. The number of aromatic amines is 1. The van der Waals surface area contributed by atoms with Crippen molar-refractivity contribution in [3.63, 3.8) is 0 Å². The van der Waals surface area contributed by atoms with Gasteiger partial charge in [0.05, 0.1) is 17.9 Å². The van der Waals surface area contributed by atoms with Crippen molar-refractivity contribution < 1.29 is 9.53 Å². The fraction of sp³-hybridized carbons (Fsp3) is 0.667. The normalized spacial score (nSPS) is 20.5. The van der Waals surface area contributed by atoms with E-state index in [-0.39, 0.29) is 12.0 Å².